The third kappa shape index (κ3) is 33.0. The Morgan fingerprint density at radius 2 is 0.932 bits per heavy atom. The minimum absolute atomic E-state index is 0.0712. The van der Waals surface area contributed by atoms with Crippen LogP contribution < -0.4 is 0 Å². The number of hydrogen-bond acceptors (Lipinski definition) is 5. The number of hydrogen-bond donors (Lipinski definition) is 1. The maximum atomic E-state index is 12.1. The molecule has 0 bridgehead atoms. The topological polar surface area (TPSA) is 72.8 Å². The number of rotatable bonds is 33. The van der Waals surface area contributed by atoms with Crippen molar-refractivity contribution in [1.82, 2.24) is 0 Å². The fourth-order valence-corrected chi connectivity index (χ4v) is 5.03. The van der Waals surface area contributed by atoms with Crippen molar-refractivity contribution in [3.8, 4) is 0 Å². The molecule has 44 heavy (non-hydrogen) atoms. The van der Waals surface area contributed by atoms with Crippen LogP contribution in [0.2, 0.25) is 0 Å². The number of carbonyl (C=O) groups is 2. The third-order valence-electron chi connectivity index (χ3n) is 7.91. The van der Waals surface area contributed by atoms with Gasteiger partial charge in [-0.2, -0.15) is 0 Å². The van der Waals surface area contributed by atoms with E-state index in [1.54, 1.807) is 0 Å². The average Bonchev–Trinajstić information content (AvgIpc) is 3.02. The van der Waals surface area contributed by atoms with E-state index in [0.29, 0.717) is 12.8 Å². The second-order valence-corrected chi connectivity index (χ2v) is 12.3. The van der Waals surface area contributed by atoms with Gasteiger partial charge in [0.25, 0.3) is 0 Å². The quantitative estimate of drug-likeness (QED) is 0.0450. The standard InChI is InChI=1S/C39H70O5/c1-3-5-7-9-11-13-15-16-17-18-19-20-21-22-24-26-28-30-32-34-39(42)44-37(35-40)36-43-38(41)33-31-29-27-25-23-14-12-10-8-6-4-2/h10-13,16-17,37,40H,3-9,14-15,18-36H2,1-2H3/t37-/m0/s1. The number of ether oxygens (including phenoxy) is 2. The second kappa shape index (κ2) is 35.6. The maximum absolute atomic E-state index is 12.1. The summed E-state index contributed by atoms with van der Waals surface area (Å²) in [6.07, 6.45) is 42.0. The molecule has 0 heterocycles. The molecule has 0 unspecified atom stereocenters. The number of aliphatic hydroxyl groups excluding tert-OH is 1. The zero-order valence-electron chi connectivity index (χ0n) is 28.9. The summed E-state index contributed by atoms with van der Waals surface area (Å²) in [5.74, 6) is -0.607. The van der Waals surface area contributed by atoms with Crippen molar-refractivity contribution in [2.75, 3.05) is 13.2 Å². The predicted molar refractivity (Wildman–Crippen MR) is 187 cm³/mol. The molecule has 5 nitrogen and oxygen atoms in total. The van der Waals surface area contributed by atoms with Crippen molar-refractivity contribution in [3.63, 3.8) is 0 Å². The van der Waals surface area contributed by atoms with Gasteiger partial charge in [0.1, 0.15) is 6.61 Å². The lowest BCUT2D eigenvalue weighted by molar-refractivity contribution is -0.161. The highest BCUT2D eigenvalue weighted by molar-refractivity contribution is 5.70. The molecule has 0 aromatic rings. The zero-order valence-corrected chi connectivity index (χ0v) is 28.9. The van der Waals surface area contributed by atoms with Crippen LogP contribution in [0.4, 0.5) is 0 Å². The Hall–Kier alpha value is -1.88. The number of aliphatic hydroxyl groups is 1. The molecule has 0 radical (unpaired) electrons. The van der Waals surface area contributed by atoms with Gasteiger partial charge in [-0.15, -0.1) is 0 Å². The van der Waals surface area contributed by atoms with Crippen molar-refractivity contribution in [2.24, 2.45) is 0 Å². The molecule has 0 saturated heterocycles. The molecule has 1 N–H and O–H groups in total. The van der Waals surface area contributed by atoms with Crippen LogP contribution in [0.3, 0.4) is 0 Å². The first kappa shape index (κ1) is 42.1. The maximum Gasteiger partial charge on any atom is 0.306 e. The summed E-state index contributed by atoms with van der Waals surface area (Å²) in [5.41, 5.74) is 0. The molecule has 0 saturated carbocycles. The lowest BCUT2D eigenvalue weighted by Gasteiger charge is -2.15. The monoisotopic (exact) mass is 619 g/mol. The van der Waals surface area contributed by atoms with Gasteiger partial charge in [0.05, 0.1) is 6.61 Å². The van der Waals surface area contributed by atoms with Crippen LogP contribution in [0.1, 0.15) is 181 Å². The Labute approximate surface area is 272 Å². The minimum Gasteiger partial charge on any atom is -0.462 e. The fourth-order valence-electron chi connectivity index (χ4n) is 5.03. The summed E-state index contributed by atoms with van der Waals surface area (Å²) in [7, 11) is 0. The lowest BCUT2D eigenvalue weighted by atomic mass is 10.1. The first-order valence-corrected chi connectivity index (χ1v) is 18.5. The smallest absolute Gasteiger partial charge is 0.306 e. The predicted octanol–water partition coefficient (Wildman–Crippen LogP) is 11.3. The van der Waals surface area contributed by atoms with Gasteiger partial charge in [-0.05, 0) is 64.2 Å². The van der Waals surface area contributed by atoms with Crippen LogP contribution in [0, 0.1) is 0 Å². The lowest BCUT2D eigenvalue weighted by Crippen LogP contribution is -2.28. The number of carbonyl (C=O) groups excluding carboxylic acids is 2. The van der Waals surface area contributed by atoms with Crippen molar-refractivity contribution in [3.05, 3.63) is 36.5 Å². The van der Waals surface area contributed by atoms with E-state index in [9.17, 15) is 14.7 Å². The molecule has 0 aliphatic heterocycles. The van der Waals surface area contributed by atoms with Gasteiger partial charge in [-0.3, -0.25) is 9.59 Å². The van der Waals surface area contributed by atoms with E-state index < -0.39 is 6.10 Å². The van der Waals surface area contributed by atoms with E-state index in [1.807, 2.05) is 0 Å². The number of unbranched alkanes of at least 4 members (excludes halogenated alkanes) is 19. The largest absolute Gasteiger partial charge is 0.462 e. The van der Waals surface area contributed by atoms with Crippen molar-refractivity contribution in [2.45, 2.75) is 187 Å². The zero-order chi connectivity index (χ0) is 32.2. The highest BCUT2D eigenvalue weighted by Crippen LogP contribution is 2.13. The molecule has 256 valence electrons. The fraction of sp³-hybridized carbons (Fsp3) is 0.795. The summed E-state index contributed by atoms with van der Waals surface area (Å²) in [6.45, 7) is 4.05. The molecule has 0 fully saturated rings. The van der Waals surface area contributed by atoms with Gasteiger partial charge in [0, 0.05) is 12.8 Å². The Morgan fingerprint density at radius 3 is 1.43 bits per heavy atom. The minimum atomic E-state index is -0.774. The van der Waals surface area contributed by atoms with Crippen LogP contribution in [-0.2, 0) is 19.1 Å². The molecule has 0 aromatic carbocycles. The average molecular weight is 619 g/mol. The summed E-state index contributed by atoms with van der Waals surface area (Å²) < 4.78 is 10.6. The second-order valence-electron chi connectivity index (χ2n) is 12.3. The van der Waals surface area contributed by atoms with Gasteiger partial charge < -0.3 is 14.6 Å². The molecular formula is C39H70O5. The third-order valence-corrected chi connectivity index (χ3v) is 7.91. The molecule has 0 aliphatic carbocycles. The van der Waals surface area contributed by atoms with Crippen LogP contribution >= 0.6 is 0 Å². The van der Waals surface area contributed by atoms with E-state index in [2.05, 4.69) is 50.3 Å². The number of allylic oxidation sites excluding steroid dienone is 6. The van der Waals surface area contributed by atoms with Gasteiger partial charge in [0.2, 0.25) is 0 Å². The van der Waals surface area contributed by atoms with Crippen molar-refractivity contribution in [1.29, 1.82) is 0 Å². The SMILES string of the molecule is CCCCC=CCCCCCCCC(=O)OC[C@H](CO)OC(=O)CCCCCCCCCCCC=CCC=CCCCCC. The molecule has 1 atom stereocenters. The van der Waals surface area contributed by atoms with Crippen LogP contribution in [0.25, 0.3) is 0 Å². The molecule has 5 heteroatoms. The van der Waals surface area contributed by atoms with Crippen LogP contribution in [0.15, 0.2) is 36.5 Å². The molecule has 0 amide bonds. The summed E-state index contributed by atoms with van der Waals surface area (Å²) >= 11 is 0. The Balaban J connectivity index is 3.56. The van der Waals surface area contributed by atoms with Gasteiger partial charge in [0.15, 0.2) is 6.10 Å². The van der Waals surface area contributed by atoms with Crippen molar-refractivity contribution < 1.29 is 24.2 Å². The Bertz CT molecular complexity index is 711. The Morgan fingerprint density at radius 1 is 0.523 bits per heavy atom. The van der Waals surface area contributed by atoms with E-state index in [0.717, 1.165) is 51.4 Å². The van der Waals surface area contributed by atoms with Gasteiger partial charge in [-0.1, -0.05) is 140 Å². The molecule has 0 rings (SSSR count). The van der Waals surface area contributed by atoms with Crippen LogP contribution in [0.5, 0.6) is 0 Å². The first-order valence-electron chi connectivity index (χ1n) is 18.5. The normalized spacial score (nSPS) is 12.5. The molecular weight excluding hydrogens is 548 g/mol. The summed E-state index contributed by atoms with van der Waals surface area (Å²) in [6, 6.07) is 0. The van der Waals surface area contributed by atoms with Gasteiger partial charge >= 0.3 is 11.9 Å². The molecule has 0 aliphatic rings. The van der Waals surface area contributed by atoms with E-state index in [-0.39, 0.29) is 25.2 Å². The Kier molecular flexibility index (Phi) is 34.1. The molecule has 0 aromatic heterocycles. The van der Waals surface area contributed by atoms with Gasteiger partial charge in [-0.25, -0.2) is 0 Å². The number of esters is 2. The first-order chi connectivity index (χ1) is 21.6. The van der Waals surface area contributed by atoms with E-state index >= 15 is 0 Å². The van der Waals surface area contributed by atoms with E-state index in [1.165, 1.54) is 103 Å². The molecule has 0 spiro atoms. The van der Waals surface area contributed by atoms with Crippen molar-refractivity contribution >= 4 is 11.9 Å². The summed E-state index contributed by atoms with van der Waals surface area (Å²) in [4.78, 5) is 24.1. The van der Waals surface area contributed by atoms with Crippen LogP contribution in [-0.4, -0.2) is 36.4 Å². The summed E-state index contributed by atoms with van der Waals surface area (Å²) in [5, 5.41) is 9.52. The highest BCUT2D eigenvalue weighted by atomic mass is 16.6. The highest BCUT2D eigenvalue weighted by Gasteiger charge is 2.16. The van der Waals surface area contributed by atoms with E-state index in [4.69, 9.17) is 9.47 Å².